The highest BCUT2D eigenvalue weighted by molar-refractivity contribution is 5.94. The minimum Gasteiger partial charge on any atom is -0.354 e. The highest BCUT2D eigenvalue weighted by Crippen LogP contribution is 2.29. The summed E-state index contributed by atoms with van der Waals surface area (Å²) in [6.45, 7) is 9.35. The number of pyridine rings is 1. The van der Waals surface area contributed by atoms with Gasteiger partial charge in [0, 0.05) is 40.4 Å². The molecular weight excluding hydrogens is 310 g/mol. The van der Waals surface area contributed by atoms with Gasteiger partial charge >= 0.3 is 0 Å². The molecule has 0 spiro atoms. The smallest absolute Gasteiger partial charge is 0.158 e. The molecule has 1 aromatic carbocycles. The molecular formula is C20H23N5. The van der Waals surface area contributed by atoms with Gasteiger partial charge in [-0.2, -0.15) is 0 Å². The van der Waals surface area contributed by atoms with E-state index in [2.05, 4.69) is 70.3 Å². The third kappa shape index (κ3) is 3.15. The van der Waals surface area contributed by atoms with Gasteiger partial charge in [-0.3, -0.25) is 0 Å². The minimum atomic E-state index is 0.110. The van der Waals surface area contributed by atoms with E-state index in [4.69, 9.17) is 0 Å². The van der Waals surface area contributed by atoms with Gasteiger partial charge in [-0.25, -0.2) is 9.97 Å². The zero-order valence-corrected chi connectivity index (χ0v) is 15.1. The van der Waals surface area contributed by atoms with Crippen molar-refractivity contribution in [1.82, 2.24) is 25.3 Å². The fourth-order valence-electron chi connectivity index (χ4n) is 3.05. The maximum atomic E-state index is 4.59. The molecule has 4 rings (SSSR count). The molecule has 0 unspecified atom stereocenters. The van der Waals surface area contributed by atoms with Crippen molar-refractivity contribution in [3.05, 3.63) is 47.9 Å². The Hall–Kier alpha value is -2.66. The quantitative estimate of drug-likeness (QED) is 0.523. The van der Waals surface area contributed by atoms with Crippen molar-refractivity contribution in [3.63, 3.8) is 0 Å². The van der Waals surface area contributed by atoms with Crippen LogP contribution >= 0.6 is 0 Å². The van der Waals surface area contributed by atoms with E-state index in [0.717, 1.165) is 40.3 Å². The predicted molar refractivity (Wildman–Crippen MR) is 103 cm³/mol. The molecule has 0 aliphatic rings. The van der Waals surface area contributed by atoms with Gasteiger partial charge in [0.1, 0.15) is 11.3 Å². The van der Waals surface area contributed by atoms with Gasteiger partial charge < -0.3 is 15.3 Å². The Bertz CT molecular complexity index is 1050. The van der Waals surface area contributed by atoms with Crippen molar-refractivity contribution >= 4 is 22.1 Å². The Labute approximate surface area is 146 Å². The average molecular weight is 333 g/mol. The fraction of sp³-hybridized carbons (Fsp3) is 0.300. The molecule has 128 valence electrons. The van der Waals surface area contributed by atoms with Crippen LogP contribution in [0.15, 0.2) is 36.5 Å². The number of imidazole rings is 1. The van der Waals surface area contributed by atoms with Gasteiger partial charge in [0.05, 0.1) is 0 Å². The maximum Gasteiger partial charge on any atom is 0.158 e. The summed E-state index contributed by atoms with van der Waals surface area (Å²) in [5.41, 5.74) is 6.38. The number of aryl methyl sites for hydroxylation is 1. The number of nitrogens with one attached hydrogen (secondary N) is 3. The monoisotopic (exact) mass is 333 g/mol. The van der Waals surface area contributed by atoms with Gasteiger partial charge in [-0.1, -0.05) is 6.07 Å². The van der Waals surface area contributed by atoms with Crippen LogP contribution in [0.1, 0.15) is 32.2 Å². The topological polar surface area (TPSA) is 69.4 Å². The Morgan fingerprint density at radius 2 is 1.92 bits per heavy atom. The SMILES string of the molecule is Cc1nc2c(-c3cc4cc(CNC(C)(C)C)ccc4[nH]3)ccnc2[nH]1. The Morgan fingerprint density at radius 3 is 2.72 bits per heavy atom. The largest absolute Gasteiger partial charge is 0.354 e. The average Bonchev–Trinajstić information content (AvgIpc) is 3.13. The van der Waals surface area contributed by atoms with E-state index < -0.39 is 0 Å². The molecule has 0 aliphatic carbocycles. The summed E-state index contributed by atoms with van der Waals surface area (Å²) in [7, 11) is 0. The van der Waals surface area contributed by atoms with E-state index in [-0.39, 0.29) is 5.54 Å². The highest BCUT2D eigenvalue weighted by atomic mass is 15.0. The third-order valence-corrected chi connectivity index (χ3v) is 4.30. The van der Waals surface area contributed by atoms with Gasteiger partial charge in [-0.15, -0.1) is 0 Å². The normalized spacial score (nSPS) is 12.3. The summed E-state index contributed by atoms with van der Waals surface area (Å²) in [5, 5.41) is 4.74. The summed E-state index contributed by atoms with van der Waals surface area (Å²) in [5.74, 6) is 0.876. The second-order valence-electron chi connectivity index (χ2n) is 7.59. The van der Waals surface area contributed by atoms with Crippen molar-refractivity contribution in [3.8, 4) is 11.3 Å². The van der Waals surface area contributed by atoms with E-state index in [1.54, 1.807) is 0 Å². The van der Waals surface area contributed by atoms with Crippen LogP contribution in [0.4, 0.5) is 0 Å². The van der Waals surface area contributed by atoms with Crippen molar-refractivity contribution < 1.29 is 0 Å². The lowest BCUT2D eigenvalue weighted by atomic mass is 10.1. The molecule has 3 aromatic heterocycles. The second kappa shape index (κ2) is 5.70. The number of hydrogen-bond donors (Lipinski definition) is 3. The summed E-state index contributed by atoms with van der Waals surface area (Å²) in [4.78, 5) is 15.7. The van der Waals surface area contributed by atoms with Crippen LogP contribution < -0.4 is 5.32 Å². The molecule has 0 saturated carbocycles. The maximum absolute atomic E-state index is 4.59. The molecule has 5 heteroatoms. The number of nitrogens with zero attached hydrogens (tertiary/aromatic N) is 2. The van der Waals surface area contributed by atoms with Crippen molar-refractivity contribution in [2.24, 2.45) is 0 Å². The van der Waals surface area contributed by atoms with E-state index in [1.165, 1.54) is 10.9 Å². The molecule has 0 radical (unpaired) electrons. The first-order valence-electron chi connectivity index (χ1n) is 8.57. The molecule has 0 fully saturated rings. The first kappa shape index (κ1) is 15.8. The second-order valence-corrected chi connectivity index (χ2v) is 7.59. The van der Waals surface area contributed by atoms with Gasteiger partial charge in [0.2, 0.25) is 0 Å². The summed E-state index contributed by atoms with van der Waals surface area (Å²) in [6, 6.07) is 10.8. The number of aromatic nitrogens is 4. The zero-order valence-electron chi connectivity index (χ0n) is 15.1. The van der Waals surface area contributed by atoms with E-state index >= 15 is 0 Å². The molecule has 0 amide bonds. The Balaban J connectivity index is 1.73. The lowest BCUT2D eigenvalue weighted by Gasteiger charge is -2.20. The van der Waals surface area contributed by atoms with Crippen LogP contribution in [0, 0.1) is 6.92 Å². The van der Waals surface area contributed by atoms with Crippen molar-refractivity contribution in [2.45, 2.75) is 39.8 Å². The predicted octanol–water partition coefficient (Wildman–Crippen LogP) is 4.30. The number of benzene rings is 1. The molecule has 25 heavy (non-hydrogen) atoms. The van der Waals surface area contributed by atoms with Crippen LogP contribution in [0.3, 0.4) is 0 Å². The first-order chi connectivity index (χ1) is 11.9. The van der Waals surface area contributed by atoms with Crippen LogP contribution in [0.25, 0.3) is 33.3 Å². The molecule has 0 atom stereocenters. The van der Waals surface area contributed by atoms with Crippen LogP contribution in [0.2, 0.25) is 0 Å². The zero-order chi connectivity index (χ0) is 17.6. The van der Waals surface area contributed by atoms with Crippen LogP contribution in [0.5, 0.6) is 0 Å². The van der Waals surface area contributed by atoms with Crippen molar-refractivity contribution in [2.75, 3.05) is 0 Å². The minimum absolute atomic E-state index is 0.110. The molecule has 3 heterocycles. The number of rotatable bonds is 3. The summed E-state index contributed by atoms with van der Waals surface area (Å²) < 4.78 is 0. The molecule has 5 nitrogen and oxygen atoms in total. The van der Waals surface area contributed by atoms with Crippen molar-refractivity contribution in [1.29, 1.82) is 0 Å². The standard InChI is InChI=1S/C20H23N5/c1-12-23-18-15(7-8-21-19(18)24-12)17-10-14-9-13(5-6-16(14)25-17)11-22-20(2,3)4/h5-10,22,25H,11H2,1-4H3,(H,21,23,24). The molecule has 0 bridgehead atoms. The number of hydrogen-bond acceptors (Lipinski definition) is 3. The summed E-state index contributed by atoms with van der Waals surface area (Å²) in [6.07, 6.45) is 1.82. The number of H-pyrrole nitrogens is 2. The van der Waals surface area contributed by atoms with Gasteiger partial charge in [-0.05, 0) is 57.5 Å². The van der Waals surface area contributed by atoms with Crippen LogP contribution in [-0.4, -0.2) is 25.5 Å². The summed E-state index contributed by atoms with van der Waals surface area (Å²) >= 11 is 0. The Kier molecular flexibility index (Phi) is 3.62. The first-order valence-corrected chi connectivity index (χ1v) is 8.57. The third-order valence-electron chi connectivity index (χ3n) is 4.30. The highest BCUT2D eigenvalue weighted by Gasteiger charge is 2.12. The van der Waals surface area contributed by atoms with E-state index in [0.29, 0.717) is 0 Å². The number of aromatic amines is 2. The van der Waals surface area contributed by atoms with E-state index in [9.17, 15) is 0 Å². The van der Waals surface area contributed by atoms with Crippen LogP contribution in [-0.2, 0) is 6.54 Å². The van der Waals surface area contributed by atoms with E-state index in [1.807, 2.05) is 19.2 Å². The number of fused-ring (bicyclic) bond motifs is 2. The van der Waals surface area contributed by atoms with Gasteiger partial charge in [0.15, 0.2) is 5.65 Å². The lowest BCUT2D eigenvalue weighted by molar-refractivity contribution is 0.424. The van der Waals surface area contributed by atoms with Gasteiger partial charge in [0.25, 0.3) is 0 Å². The molecule has 4 aromatic rings. The Morgan fingerprint density at radius 1 is 1.08 bits per heavy atom. The molecule has 3 N–H and O–H groups in total. The lowest BCUT2D eigenvalue weighted by Crippen LogP contribution is -2.35. The molecule has 0 saturated heterocycles. The molecule has 0 aliphatic heterocycles. The fourth-order valence-corrected chi connectivity index (χ4v) is 3.05.